The van der Waals surface area contributed by atoms with Gasteiger partial charge < -0.3 is 14.6 Å². The lowest BCUT2D eigenvalue weighted by Crippen LogP contribution is -2.38. The molecule has 0 saturated carbocycles. The van der Waals surface area contributed by atoms with E-state index in [9.17, 15) is 9.59 Å². The van der Waals surface area contributed by atoms with Crippen LogP contribution in [0, 0.1) is 13.8 Å². The Morgan fingerprint density at radius 3 is 2.57 bits per heavy atom. The minimum absolute atomic E-state index is 0.0538. The Balaban J connectivity index is 1.46. The van der Waals surface area contributed by atoms with Gasteiger partial charge in [-0.1, -0.05) is 12.1 Å². The number of carbonyl (C=O) groups excluding carboxylic acids is 2. The molecule has 1 N–H and O–H groups in total. The molecular weight excluding hydrogens is 398 g/mol. The third-order valence-corrected chi connectivity index (χ3v) is 6.84. The van der Waals surface area contributed by atoms with Crippen LogP contribution in [-0.4, -0.2) is 45.9 Å². The first-order valence-corrected chi connectivity index (χ1v) is 11.2. The van der Waals surface area contributed by atoms with E-state index in [2.05, 4.69) is 11.1 Å². The van der Waals surface area contributed by atoms with Gasteiger partial charge in [0, 0.05) is 24.7 Å². The molecule has 30 heavy (non-hydrogen) atoms. The number of para-hydroxylation sites is 1. The standard InChI is InChI=1S/C23H27N3O3S/c1-13(2)29-23(28)19-14(3)20(24-15(19)4)22(27)26-11-9-16(10-12-26)21-25-17-7-5-6-8-18(17)30-21/h5-8,13,16,24H,9-12H2,1-4H3. The van der Waals surface area contributed by atoms with Gasteiger partial charge in [0.1, 0.15) is 5.69 Å². The first kappa shape index (κ1) is 20.6. The number of piperidine rings is 1. The second-order valence-electron chi connectivity index (χ2n) is 8.17. The first-order valence-electron chi connectivity index (χ1n) is 10.4. The second-order valence-corrected chi connectivity index (χ2v) is 9.23. The van der Waals surface area contributed by atoms with Crippen LogP contribution in [0.15, 0.2) is 24.3 Å². The van der Waals surface area contributed by atoms with E-state index in [-0.39, 0.29) is 18.0 Å². The Morgan fingerprint density at radius 2 is 1.90 bits per heavy atom. The molecule has 3 aromatic rings. The summed E-state index contributed by atoms with van der Waals surface area (Å²) in [7, 11) is 0. The van der Waals surface area contributed by atoms with Gasteiger partial charge in [-0.2, -0.15) is 0 Å². The molecule has 158 valence electrons. The molecule has 6 nitrogen and oxygen atoms in total. The van der Waals surface area contributed by atoms with Crippen molar-refractivity contribution >= 4 is 33.4 Å². The average molecular weight is 426 g/mol. The fraction of sp³-hybridized carbons (Fsp3) is 0.435. The van der Waals surface area contributed by atoms with Crippen LogP contribution in [0.1, 0.15) is 69.7 Å². The number of carbonyl (C=O) groups is 2. The molecule has 7 heteroatoms. The summed E-state index contributed by atoms with van der Waals surface area (Å²) in [5, 5.41) is 1.16. The largest absolute Gasteiger partial charge is 0.459 e. The van der Waals surface area contributed by atoms with Crippen molar-refractivity contribution in [3.63, 3.8) is 0 Å². The van der Waals surface area contributed by atoms with E-state index in [0.29, 0.717) is 41.5 Å². The summed E-state index contributed by atoms with van der Waals surface area (Å²) in [5.41, 5.74) is 3.34. The predicted octanol–water partition coefficient (Wildman–Crippen LogP) is 4.83. The van der Waals surface area contributed by atoms with Gasteiger partial charge in [0.25, 0.3) is 5.91 Å². The summed E-state index contributed by atoms with van der Waals surface area (Å²) in [5.74, 6) is -0.0544. The van der Waals surface area contributed by atoms with Gasteiger partial charge in [0.05, 0.1) is 26.9 Å². The fourth-order valence-corrected chi connectivity index (χ4v) is 5.23. The van der Waals surface area contributed by atoms with Crippen LogP contribution in [0.2, 0.25) is 0 Å². The number of hydrogen-bond donors (Lipinski definition) is 1. The summed E-state index contributed by atoms with van der Waals surface area (Å²) < 4.78 is 6.55. The maximum atomic E-state index is 13.1. The average Bonchev–Trinajstić information content (AvgIpc) is 3.27. The van der Waals surface area contributed by atoms with E-state index in [1.54, 1.807) is 18.3 Å². The highest BCUT2D eigenvalue weighted by molar-refractivity contribution is 7.18. The predicted molar refractivity (Wildman–Crippen MR) is 118 cm³/mol. The van der Waals surface area contributed by atoms with Crippen LogP contribution in [0.25, 0.3) is 10.2 Å². The van der Waals surface area contributed by atoms with Gasteiger partial charge in [-0.05, 0) is 58.2 Å². The molecule has 1 aliphatic heterocycles. The number of nitrogens with one attached hydrogen (secondary N) is 1. The zero-order chi connectivity index (χ0) is 21.4. The van der Waals surface area contributed by atoms with Crippen LogP contribution in [-0.2, 0) is 4.74 Å². The van der Waals surface area contributed by atoms with Crippen molar-refractivity contribution in [2.45, 2.75) is 52.6 Å². The third kappa shape index (κ3) is 3.86. The maximum Gasteiger partial charge on any atom is 0.340 e. The van der Waals surface area contributed by atoms with Gasteiger partial charge >= 0.3 is 5.97 Å². The molecular formula is C23H27N3O3S. The molecule has 0 radical (unpaired) electrons. The van der Waals surface area contributed by atoms with Crippen molar-refractivity contribution in [2.75, 3.05) is 13.1 Å². The number of fused-ring (bicyclic) bond motifs is 1. The number of benzene rings is 1. The molecule has 0 spiro atoms. The number of ether oxygens (including phenoxy) is 1. The summed E-state index contributed by atoms with van der Waals surface area (Å²) in [6, 6.07) is 8.20. The number of aromatic nitrogens is 2. The van der Waals surface area contributed by atoms with E-state index in [1.165, 1.54) is 4.70 Å². The highest BCUT2D eigenvalue weighted by atomic mass is 32.1. The SMILES string of the molecule is Cc1[nH]c(C(=O)N2CCC(c3nc4ccccc4s3)CC2)c(C)c1C(=O)OC(C)C. The topological polar surface area (TPSA) is 75.3 Å². The number of thiazole rings is 1. The summed E-state index contributed by atoms with van der Waals surface area (Å²) in [6.07, 6.45) is 1.59. The Hall–Kier alpha value is -2.67. The zero-order valence-electron chi connectivity index (χ0n) is 17.8. The summed E-state index contributed by atoms with van der Waals surface area (Å²) in [4.78, 5) is 35.3. The second kappa shape index (κ2) is 8.22. The number of H-pyrrole nitrogens is 1. The van der Waals surface area contributed by atoms with Crippen LogP contribution in [0.3, 0.4) is 0 Å². The Morgan fingerprint density at radius 1 is 1.20 bits per heavy atom. The number of aromatic amines is 1. The molecule has 1 saturated heterocycles. The van der Waals surface area contributed by atoms with Gasteiger partial charge in [0.15, 0.2) is 0 Å². The van der Waals surface area contributed by atoms with E-state index in [1.807, 2.05) is 43.9 Å². The zero-order valence-corrected chi connectivity index (χ0v) is 18.6. The van der Waals surface area contributed by atoms with E-state index in [0.717, 1.165) is 23.4 Å². The minimum Gasteiger partial charge on any atom is -0.459 e. The summed E-state index contributed by atoms with van der Waals surface area (Å²) in [6.45, 7) is 8.61. The molecule has 1 aromatic carbocycles. The molecule has 4 rings (SSSR count). The normalized spacial score (nSPS) is 15.2. The van der Waals surface area contributed by atoms with E-state index >= 15 is 0 Å². The smallest absolute Gasteiger partial charge is 0.340 e. The molecule has 0 bridgehead atoms. The van der Waals surface area contributed by atoms with E-state index in [4.69, 9.17) is 9.72 Å². The minimum atomic E-state index is -0.384. The van der Waals surface area contributed by atoms with Gasteiger partial charge in [-0.25, -0.2) is 9.78 Å². The van der Waals surface area contributed by atoms with Crippen LogP contribution in [0.4, 0.5) is 0 Å². The molecule has 1 fully saturated rings. The number of rotatable bonds is 4. The van der Waals surface area contributed by atoms with Crippen molar-refractivity contribution in [1.29, 1.82) is 0 Å². The Labute approximate surface area is 180 Å². The quantitative estimate of drug-likeness (QED) is 0.608. The maximum absolute atomic E-state index is 13.1. The highest BCUT2D eigenvalue weighted by Gasteiger charge is 2.30. The lowest BCUT2D eigenvalue weighted by atomic mass is 9.97. The lowest BCUT2D eigenvalue weighted by Gasteiger charge is -2.31. The number of nitrogens with zero attached hydrogens (tertiary/aromatic N) is 2. The van der Waals surface area contributed by atoms with Gasteiger partial charge in [-0.15, -0.1) is 11.3 Å². The van der Waals surface area contributed by atoms with Crippen molar-refractivity contribution in [1.82, 2.24) is 14.9 Å². The van der Waals surface area contributed by atoms with Crippen LogP contribution >= 0.6 is 11.3 Å². The first-order chi connectivity index (χ1) is 14.3. The van der Waals surface area contributed by atoms with Crippen molar-refractivity contribution in [3.8, 4) is 0 Å². The number of likely N-dealkylation sites (tertiary alicyclic amines) is 1. The summed E-state index contributed by atoms with van der Waals surface area (Å²) >= 11 is 1.75. The Bertz CT molecular complexity index is 1060. The fourth-order valence-electron chi connectivity index (χ4n) is 4.10. The monoisotopic (exact) mass is 425 g/mol. The molecule has 2 aromatic heterocycles. The molecule has 3 heterocycles. The highest BCUT2D eigenvalue weighted by Crippen LogP contribution is 2.34. The van der Waals surface area contributed by atoms with E-state index < -0.39 is 0 Å². The molecule has 0 aliphatic carbocycles. The number of hydrogen-bond acceptors (Lipinski definition) is 5. The van der Waals surface area contributed by atoms with Crippen molar-refractivity contribution in [2.24, 2.45) is 0 Å². The number of aryl methyl sites for hydroxylation is 1. The molecule has 1 amide bonds. The van der Waals surface area contributed by atoms with Crippen molar-refractivity contribution in [3.05, 3.63) is 51.8 Å². The molecule has 0 unspecified atom stereocenters. The third-order valence-electron chi connectivity index (χ3n) is 5.64. The number of esters is 1. The molecule has 0 atom stereocenters. The van der Waals surface area contributed by atoms with Gasteiger partial charge in [-0.3, -0.25) is 4.79 Å². The van der Waals surface area contributed by atoms with Crippen LogP contribution < -0.4 is 0 Å². The van der Waals surface area contributed by atoms with Crippen LogP contribution in [0.5, 0.6) is 0 Å². The van der Waals surface area contributed by atoms with Gasteiger partial charge in [0.2, 0.25) is 0 Å². The van der Waals surface area contributed by atoms with Crippen molar-refractivity contribution < 1.29 is 14.3 Å². The lowest BCUT2D eigenvalue weighted by molar-refractivity contribution is 0.0376. The Kier molecular flexibility index (Phi) is 5.64. The number of amides is 1. The molecule has 1 aliphatic rings.